The second kappa shape index (κ2) is 7.25. The lowest BCUT2D eigenvalue weighted by Crippen LogP contribution is -2.47. The van der Waals surface area contributed by atoms with Crippen LogP contribution in [0.1, 0.15) is 40.5 Å². The fraction of sp³-hybridized carbons (Fsp3) is 1.00. The van der Waals surface area contributed by atoms with Crippen LogP contribution in [0.3, 0.4) is 0 Å². The second-order valence-corrected chi connectivity index (χ2v) is 5.42. The number of hydrogen-bond acceptors (Lipinski definition) is 3. The van der Waals surface area contributed by atoms with E-state index in [1.807, 2.05) is 0 Å². The van der Waals surface area contributed by atoms with E-state index in [-0.39, 0.29) is 0 Å². The van der Waals surface area contributed by atoms with Gasteiger partial charge in [-0.15, -0.1) is 0 Å². The molecule has 16 heavy (non-hydrogen) atoms. The molecule has 96 valence electrons. The van der Waals surface area contributed by atoms with Gasteiger partial charge < -0.3 is 10.6 Å². The Morgan fingerprint density at radius 2 is 1.94 bits per heavy atom. The van der Waals surface area contributed by atoms with Gasteiger partial charge in [-0.1, -0.05) is 0 Å². The third-order valence-electron chi connectivity index (χ3n) is 3.43. The summed E-state index contributed by atoms with van der Waals surface area (Å²) in [6.45, 7) is 13.7. The lowest BCUT2D eigenvalue weighted by atomic mass is 10.1. The average molecular weight is 227 g/mol. The minimum absolute atomic E-state index is 0.645. The van der Waals surface area contributed by atoms with Crippen LogP contribution in [0.25, 0.3) is 0 Å². The van der Waals surface area contributed by atoms with Crippen LogP contribution < -0.4 is 10.6 Å². The van der Waals surface area contributed by atoms with Crippen molar-refractivity contribution in [2.75, 3.05) is 26.2 Å². The summed E-state index contributed by atoms with van der Waals surface area (Å²) in [5.74, 6) is 0. The van der Waals surface area contributed by atoms with Crippen molar-refractivity contribution in [2.24, 2.45) is 0 Å². The SMILES string of the molecule is CC(C)N(CCNC1CCCNC1)C(C)C. The maximum atomic E-state index is 3.66. The van der Waals surface area contributed by atoms with E-state index in [4.69, 9.17) is 0 Å². The molecular weight excluding hydrogens is 198 g/mol. The van der Waals surface area contributed by atoms with Gasteiger partial charge in [0.15, 0.2) is 0 Å². The van der Waals surface area contributed by atoms with E-state index in [2.05, 4.69) is 43.2 Å². The molecule has 0 bridgehead atoms. The highest BCUT2D eigenvalue weighted by Crippen LogP contribution is 2.04. The number of hydrogen-bond donors (Lipinski definition) is 2. The number of piperidine rings is 1. The molecule has 0 radical (unpaired) electrons. The van der Waals surface area contributed by atoms with Crippen molar-refractivity contribution in [3.8, 4) is 0 Å². The molecule has 1 unspecified atom stereocenters. The highest BCUT2D eigenvalue weighted by Gasteiger charge is 2.15. The molecule has 1 atom stereocenters. The van der Waals surface area contributed by atoms with Gasteiger partial charge in [0.25, 0.3) is 0 Å². The summed E-state index contributed by atoms with van der Waals surface area (Å²) in [5.41, 5.74) is 0. The van der Waals surface area contributed by atoms with Crippen LogP contribution in [0.15, 0.2) is 0 Å². The summed E-state index contributed by atoms with van der Waals surface area (Å²) in [5, 5.41) is 7.10. The molecule has 0 saturated carbocycles. The molecule has 1 aliphatic rings. The van der Waals surface area contributed by atoms with Gasteiger partial charge in [-0.2, -0.15) is 0 Å². The van der Waals surface area contributed by atoms with Crippen LogP contribution in [0.4, 0.5) is 0 Å². The minimum Gasteiger partial charge on any atom is -0.315 e. The van der Waals surface area contributed by atoms with E-state index in [0.717, 1.165) is 19.6 Å². The molecule has 2 N–H and O–H groups in total. The molecule has 3 nitrogen and oxygen atoms in total. The third-order valence-corrected chi connectivity index (χ3v) is 3.43. The van der Waals surface area contributed by atoms with Gasteiger partial charge in [-0.25, -0.2) is 0 Å². The Bertz CT molecular complexity index is 166. The Labute approximate surface area is 101 Å². The quantitative estimate of drug-likeness (QED) is 0.719. The zero-order chi connectivity index (χ0) is 12.0. The summed E-state index contributed by atoms with van der Waals surface area (Å²) in [7, 11) is 0. The maximum Gasteiger partial charge on any atom is 0.0193 e. The van der Waals surface area contributed by atoms with Gasteiger partial charge in [-0.05, 0) is 47.1 Å². The molecule has 1 rings (SSSR count). The summed E-state index contributed by atoms with van der Waals surface area (Å²) < 4.78 is 0. The number of nitrogens with zero attached hydrogens (tertiary/aromatic N) is 1. The van der Waals surface area contributed by atoms with Gasteiger partial charge in [0, 0.05) is 37.8 Å². The van der Waals surface area contributed by atoms with E-state index in [9.17, 15) is 0 Å². The van der Waals surface area contributed by atoms with Crippen LogP contribution in [0.2, 0.25) is 0 Å². The van der Waals surface area contributed by atoms with E-state index in [0.29, 0.717) is 18.1 Å². The van der Waals surface area contributed by atoms with Crippen molar-refractivity contribution >= 4 is 0 Å². The molecular formula is C13H29N3. The Kier molecular flexibility index (Phi) is 6.32. The molecule has 1 aliphatic heterocycles. The standard InChI is InChI=1S/C13H29N3/c1-11(2)16(12(3)4)9-8-15-13-6-5-7-14-10-13/h11-15H,5-10H2,1-4H3. The van der Waals surface area contributed by atoms with Gasteiger partial charge in [-0.3, -0.25) is 4.90 Å². The first-order chi connectivity index (χ1) is 7.61. The predicted molar refractivity (Wildman–Crippen MR) is 70.9 cm³/mol. The van der Waals surface area contributed by atoms with Crippen LogP contribution in [0, 0.1) is 0 Å². The first kappa shape index (κ1) is 13.9. The molecule has 1 saturated heterocycles. The van der Waals surface area contributed by atoms with E-state index in [1.54, 1.807) is 0 Å². The fourth-order valence-corrected chi connectivity index (χ4v) is 2.54. The summed E-state index contributed by atoms with van der Waals surface area (Å²) in [6.07, 6.45) is 2.64. The zero-order valence-electron chi connectivity index (χ0n) is 11.4. The van der Waals surface area contributed by atoms with Crippen molar-refractivity contribution in [3.63, 3.8) is 0 Å². The first-order valence-electron chi connectivity index (χ1n) is 6.81. The van der Waals surface area contributed by atoms with Crippen LogP contribution in [-0.4, -0.2) is 49.2 Å². The average Bonchev–Trinajstić information content (AvgIpc) is 2.24. The van der Waals surface area contributed by atoms with E-state index in [1.165, 1.54) is 19.4 Å². The van der Waals surface area contributed by atoms with Crippen LogP contribution in [0.5, 0.6) is 0 Å². The van der Waals surface area contributed by atoms with Crippen molar-refractivity contribution in [3.05, 3.63) is 0 Å². The van der Waals surface area contributed by atoms with Crippen molar-refractivity contribution in [1.29, 1.82) is 0 Å². The highest BCUT2D eigenvalue weighted by atomic mass is 15.2. The van der Waals surface area contributed by atoms with Crippen LogP contribution >= 0.6 is 0 Å². The first-order valence-corrected chi connectivity index (χ1v) is 6.81. The molecule has 3 heteroatoms. The third kappa shape index (κ3) is 4.81. The van der Waals surface area contributed by atoms with Crippen LogP contribution in [-0.2, 0) is 0 Å². The monoisotopic (exact) mass is 227 g/mol. The Morgan fingerprint density at radius 1 is 1.25 bits per heavy atom. The second-order valence-electron chi connectivity index (χ2n) is 5.42. The fourth-order valence-electron chi connectivity index (χ4n) is 2.54. The lowest BCUT2D eigenvalue weighted by molar-refractivity contribution is 0.172. The van der Waals surface area contributed by atoms with Gasteiger partial charge in [0.05, 0.1) is 0 Å². The molecule has 1 fully saturated rings. The molecule has 0 aromatic rings. The van der Waals surface area contributed by atoms with Crippen molar-refractivity contribution in [2.45, 2.75) is 58.7 Å². The Morgan fingerprint density at radius 3 is 2.44 bits per heavy atom. The number of rotatable bonds is 6. The molecule has 0 amide bonds. The Hall–Kier alpha value is -0.120. The molecule has 0 aromatic heterocycles. The topological polar surface area (TPSA) is 27.3 Å². The highest BCUT2D eigenvalue weighted by molar-refractivity contribution is 4.76. The Balaban J connectivity index is 2.16. The summed E-state index contributed by atoms with van der Waals surface area (Å²) in [6, 6.07) is 1.98. The molecule has 0 aromatic carbocycles. The van der Waals surface area contributed by atoms with E-state index >= 15 is 0 Å². The van der Waals surface area contributed by atoms with Crippen molar-refractivity contribution < 1.29 is 0 Å². The normalized spacial score (nSPS) is 22.3. The van der Waals surface area contributed by atoms with Gasteiger partial charge in [0.2, 0.25) is 0 Å². The number of nitrogens with one attached hydrogen (secondary N) is 2. The molecule has 0 spiro atoms. The molecule has 0 aliphatic carbocycles. The lowest BCUT2D eigenvalue weighted by Gasteiger charge is -2.32. The largest absolute Gasteiger partial charge is 0.315 e. The minimum atomic E-state index is 0.645. The maximum absolute atomic E-state index is 3.66. The smallest absolute Gasteiger partial charge is 0.0193 e. The summed E-state index contributed by atoms with van der Waals surface area (Å²) in [4.78, 5) is 2.54. The molecule has 1 heterocycles. The zero-order valence-corrected chi connectivity index (χ0v) is 11.4. The van der Waals surface area contributed by atoms with Gasteiger partial charge >= 0.3 is 0 Å². The van der Waals surface area contributed by atoms with E-state index < -0.39 is 0 Å². The van der Waals surface area contributed by atoms with Gasteiger partial charge in [0.1, 0.15) is 0 Å². The van der Waals surface area contributed by atoms with Crippen molar-refractivity contribution in [1.82, 2.24) is 15.5 Å². The predicted octanol–water partition coefficient (Wildman–Crippen LogP) is 1.45. The summed E-state index contributed by atoms with van der Waals surface area (Å²) >= 11 is 0.